The van der Waals surface area contributed by atoms with Gasteiger partial charge in [0.2, 0.25) is 10.0 Å². The molecular weight excluding hydrogens is 432 g/mol. The third-order valence-corrected chi connectivity index (χ3v) is 7.23. The maximum absolute atomic E-state index is 12.9. The Hall–Kier alpha value is -3.12. The molecule has 3 aromatic carbocycles. The van der Waals surface area contributed by atoms with Gasteiger partial charge in [-0.05, 0) is 92.3 Å². The molecule has 0 saturated heterocycles. The normalized spacial score (nSPS) is 12.3. The molecular formula is C27H32N2O3S. The van der Waals surface area contributed by atoms with Crippen LogP contribution in [0.3, 0.4) is 0 Å². The van der Waals surface area contributed by atoms with Crippen molar-refractivity contribution in [1.29, 1.82) is 0 Å². The smallest absolute Gasteiger partial charge is 0.251 e. The maximum atomic E-state index is 12.9. The number of rotatable bonds is 7. The third kappa shape index (κ3) is 5.82. The highest BCUT2D eigenvalue weighted by Gasteiger charge is 2.20. The molecule has 6 heteroatoms. The van der Waals surface area contributed by atoms with Crippen LogP contribution in [0, 0.1) is 27.7 Å². The van der Waals surface area contributed by atoms with Crippen LogP contribution in [0.1, 0.15) is 56.7 Å². The average molecular weight is 465 g/mol. The van der Waals surface area contributed by atoms with Gasteiger partial charge in [0.25, 0.3) is 5.91 Å². The number of hydrogen-bond donors (Lipinski definition) is 1. The molecule has 1 amide bonds. The van der Waals surface area contributed by atoms with Gasteiger partial charge in [-0.25, -0.2) is 8.42 Å². The molecule has 0 spiro atoms. The van der Waals surface area contributed by atoms with Gasteiger partial charge in [-0.1, -0.05) is 36.4 Å². The van der Waals surface area contributed by atoms with E-state index in [9.17, 15) is 13.2 Å². The summed E-state index contributed by atoms with van der Waals surface area (Å²) in [6.07, 6.45) is 1.19. The van der Waals surface area contributed by atoms with Crippen LogP contribution in [0.15, 0.2) is 60.7 Å². The number of nitrogens with zero attached hydrogens (tertiary/aromatic N) is 1. The summed E-state index contributed by atoms with van der Waals surface area (Å²) in [7, 11) is -3.50. The number of sulfonamides is 1. The first-order valence-electron chi connectivity index (χ1n) is 11.0. The zero-order valence-corrected chi connectivity index (χ0v) is 21.0. The maximum Gasteiger partial charge on any atom is 0.251 e. The number of benzene rings is 3. The predicted molar refractivity (Wildman–Crippen MR) is 135 cm³/mol. The minimum atomic E-state index is -3.50. The zero-order valence-electron chi connectivity index (χ0n) is 20.1. The van der Waals surface area contributed by atoms with Crippen molar-refractivity contribution in [1.82, 2.24) is 5.32 Å². The lowest BCUT2D eigenvalue weighted by atomic mass is 9.96. The van der Waals surface area contributed by atoms with Crippen molar-refractivity contribution >= 4 is 21.6 Å². The molecule has 0 aliphatic carbocycles. The van der Waals surface area contributed by atoms with Gasteiger partial charge >= 0.3 is 0 Å². The summed E-state index contributed by atoms with van der Waals surface area (Å²) < 4.78 is 26.4. The van der Waals surface area contributed by atoms with Crippen molar-refractivity contribution in [3.63, 3.8) is 0 Å². The Morgan fingerprint density at radius 3 is 2.09 bits per heavy atom. The summed E-state index contributed by atoms with van der Waals surface area (Å²) in [6.45, 7) is 10.4. The summed E-state index contributed by atoms with van der Waals surface area (Å²) in [5, 5.41) is 3.06. The van der Waals surface area contributed by atoms with E-state index in [0.717, 1.165) is 22.3 Å². The molecule has 1 atom stereocenters. The Balaban J connectivity index is 1.79. The van der Waals surface area contributed by atoms with Crippen LogP contribution in [0.25, 0.3) is 0 Å². The Kier molecular flexibility index (Phi) is 7.28. The molecule has 1 N–H and O–H groups in total. The van der Waals surface area contributed by atoms with Crippen LogP contribution in [0.4, 0.5) is 5.69 Å². The zero-order chi connectivity index (χ0) is 24.3. The first-order valence-corrected chi connectivity index (χ1v) is 12.8. The number of amides is 1. The second kappa shape index (κ2) is 9.79. The molecule has 5 nitrogen and oxygen atoms in total. The molecule has 0 heterocycles. The lowest BCUT2D eigenvalue weighted by Crippen LogP contribution is -2.30. The quantitative estimate of drug-likeness (QED) is 0.511. The van der Waals surface area contributed by atoms with E-state index in [-0.39, 0.29) is 18.5 Å². The molecule has 174 valence electrons. The van der Waals surface area contributed by atoms with Crippen molar-refractivity contribution < 1.29 is 13.2 Å². The lowest BCUT2D eigenvalue weighted by molar-refractivity contribution is 0.0940. The Bertz CT molecular complexity index is 1270. The third-order valence-electron chi connectivity index (χ3n) is 6.09. The number of carbonyl (C=O) groups is 1. The van der Waals surface area contributed by atoms with E-state index < -0.39 is 10.0 Å². The molecule has 0 saturated carbocycles. The minimum Gasteiger partial charge on any atom is -0.346 e. The van der Waals surface area contributed by atoms with Crippen LogP contribution in [0.2, 0.25) is 0 Å². The lowest BCUT2D eigenvalue weighted by Gasteiger charge is -2.24. The summed E-state index contributed by atoms with van der Waals surface area (Å²) in [4.78, 5) is 12.9. The molecule has 0 aliphatic heterocycles. The number of anilines is 1. The molecule has 3 rings (SSSR count). The highest BCUT2D eigenvalue weighted by Crippen LogP contribution is 2.24. The van der Waals surface area contributed by atoms with Crippen molar-refractivity contribution in [2.45, 2.75) is 47.2 Å². The van der Waals surface area contributed by atoms with Gasteiger partial charge in [-0.15, -0.1) is 0 Å². The van der Waals surface area contributed by atoms with E-state index in [2.05, 4.69) is 31.3 Å². The van der Waals surface area contributed by atoms with Crippen LogP contribution in [0.5, 0.6) is 0 Å². The number of nitrogens with one attached hydrogen (secondary N) is 1. The summed E-state index contributed by atoms with van der Waals surface area (Å²) in [5.74, 6) is -0.198. The number of hydrogen-bond acceptors (Lipinski definition) is 3. The summed E-state index contributed by atoms with van der Waals surface area (Å²) in [5.41, 5.74) is 7.61. The van der Waals surface area contributed by atoms with Crippen molar-refractivity contribution in [3.05, 3.63) is 99.6 Å². The van der Waals surface area contributed by atoms with E-state index in [1.54, 1.807) is 24.3 Å². The van der Waals surface area contributed by atoms with Crippen LogP contribution >= 0.6 is 0 Å². The number of aryl methyl sites for hydroxylation is 4. The van der Waals surface area contributed by atoms with Gasteiger partial charge in [0.05, 0.1) is 24.5 Å². The fourth-order valence-corrected chi connectivity index (χ4v) is 4.81. The fraction of sp³-hybridized carbons (Fsp3) is 0.296. The fourth-order valence-electron chi connectivity index (χ4n) is 3.93. The Morgan fingerprint density at radius 1 is 0.879 bits per heavy atom. The molecule has 33 heavy (non-hydrogen) atoms. The highest BCUT2D eigenvalue weighted by molar-refractivity contribution is 7.92. The number of carbonyl (C=O) groups excluding carboxylic acids is 1. The summed E-state index contributed by atoms with van der Waals surface area (Å²) in [6, 6.07) is 18.5. The van der Waals surface area contributed by atoms with Gasteiger partial charge in [-0.2, -0.15) is 0 Å². The SMILES string of the molecule is Cc1cc(C)c([C@H](C)NC(=O)c2ccc(N(Cc3ccccc3C)S(C)(=O)=O)cc2)cc1C. The van der Waals surface area contributed by atoms with E-state index in [1.165, 1.54) is 21.7 Å². The van der Waals surface area contributed by atoms with Gasteiger partial charge in [0.1, 0.15) is 0 Å². The van der Waals surface area contributed by atoms with Crippen LogP contribution < -0.4 is 9.62 Å². The molecule has 0 fully saturated rings. The Labute approximate surface area is 197 Å². The van der Waals surface area contributed by atoms with E-state index in [0.29, 0.717) is 11.3 Å². The second-order valence-electron chi connectivity index (χ2n) is 8.73. The summed E-state index contributed by atoms with van der Waals surface area (Å²) >= 11 is 0. The monoisotopic (exact) mass is 464 g/mol. The van der Waals surface area contributed by atoms with E-state index in [4.69, 9.17) is 0 Å². The first kappa shape index (κ1) is 24.5. The van der Waals surface area contributed by atoms with Gasteiger partial charge in [0.15, 0.2) is 0 Å². The van der Waals surface area contributed by atoms with Crippen LogP contribution in [-0.2, 0) is 16.6 Å². The topological polar surface area (TPSA) is 66.5 Å². The first-order chi connectivity index (χ1) is 15.5. The molecule has 0 aromatic heterocycles. The second-order valence-corrected chi connectivity index (χ2v) is 10.6. The van der Waals surface area contributed by atoms with Gasteiger partial charge < -0.3 is 5.32 Å². The average Bonchev–Trinajstić information content (AvgIpc) is 2.75. The minimum absolute atomic E-state index is 0.148. The Morgan fingerprint density at radius 2 is 1.48 bits per heavy atom. The van der Waals surface area contributed by atoms with E-state index >= 15 is 0 Å². The van der Waals surface area contributed by atoms with Crippen LogP contribution in [-0.4, -0.2) is 20.6 Å². The standard InChI is InChI=1S/C27H32N2O3S/c1-18-9-7-8-10-24(18)17-29(33(6,31)32)25-13-11-23(12-14-25)27(30)28-22(5)26-16-20(3)19(2)15-21(26)4/h7-16,22H,17H2,1-6H3,(H,28,30)/t22-/m0/s1. The molecule has 0 aliphatic rings. The van der Waals surface area contributed by atoms with Crippen molar-refractivity contribution in [2.75, 3.05) is 10.6 Å². The van der Waals surface area contributed by atoms with Crippen molar-refractivity contribution in [2.24, 2.45) is 0 Å². The van der Waals surface area contributed by atoms with E-state index in [1.807, 2.05) is 45.0 Å². The molecule has 0 unspecified atom stereocenters. The van der Waals surface area contributed by atoms with Gasteiger partial charge in [0, 0.05) is 5.56 Å². The molecule has 3 aromatic rings. The van der Waals surface area contributed by atoms with Gasteiger partial charge in [-0.3, -0.25) is 9.10 Å². The predicted octanol–water partition coefficient (Wildman–Crippen LogP) is 5.38. The molecule has 0 bridgehead atoms. The largest absolute Gasteiger partial charge is 0.346 e. The molecule has 0 radical (unpaired) electrons. The van der Waals surface area contributed by atoms with Crippen molar-refractivity contribution in [3.8, 4) is 0 Å². The highest BCUT2D eigenvalue weighted by atomic mass is 32.2.